The summed E-state index contributed by atoms with van der Waals surface area (Å²) in [7, 11) is 0. The summed E-state index contributed by atoms with van der Waals surface area (Å²) in [6, 6.07) is 29.6. The summed E-state index contributed by atoms with van der Waals surface area (Å²) in [5.41, 5.74) is 6.21. The van der Waals surface area contributed by atoms with Gasteiger partial charge in [0.25, 0.3) is 0 Å². The number of hydrogen-bond donors (Lipinski definition) is 0. The first-order chi connectivity index (χ1) is 12.3. The van der Waals surface area contributed by atoms with Crippen LogP contribution in [0.2, 0.25) is 0 Å². The molecule has 0 bridgehead atoms. The fraction of sp³-hybridized carbons (Fsp3) is 0.167. The summed E-state index contributed by atoms with van der Waals surface area (Å²) in [6.07, 6.45) is 1.02. The smallest absolute Gasteiger partial charge is 0.119 e. The molecule has 126 valence electrons. The fourth-order valence-corrected chi connectivity index (χ4v) is 2.97. The Morgan fingerprint density at radius 3 is 1.76 bits per heavy atom. The van der Waals surface area contributed by atoms with Gasteiger partial charge >= 0.3 is 0 Å². The Hall–Kier alpha value is -2.80. The molecule has 1 nitrogen and oxygen atoms in total. The van der Waals surface area contributed by atoms with Crippen molar-refractivity contribution in [3.63, 3.8) is 0 Å². The van der Waals surface area contributed by atoms with Crippen molar-refractivity contribution >= 4 is 11.1 Å². The van der Waals surface area contributed by atoms with Gasteiger partial charge < -0.3 is 4.74 Å². The van der Waals surface area contributed by atoms with Crippen LogP contribution in [0.5, 0.6) is 5.75 Å². The van der Waals surface area contributed by atoms with Crippen LogP contribution in [0.15, 0.2) is 84.9 Å². The number of hydrogen-bond acceptors (Lipinski definition) is 1. The Labute approximate surface area is 150 Å². The summed E-state index contributed by atoms with van der Waals surface area (Å²) in [5, 5.41) is 0. The van der Waals surface area contributed by atoms with Crippen LogP contribution in [0.3, 0.4) is 0 Å². The number of rotatable bonds is 6. The Morgan fingerprint density at radius 1 is 0.680 bits per heavy atom. The van der Waals surface area contributed by atoms with Crippen LogP contribution in [0.25, 0.3) is 11.1 Å². The van der Waals surface area contributed by atoms with E-state index in [1.807, 2.05) is 0 Å². The summed E-state index contributed by atoms with van der Waals surface area (Å²) < 4.78 is 5.72. The third-order valence-corrected chi connectivity index (χ3v) is 4.26. The maximum atomic E-state index is 5.72. The highest BCUT2D eigenvalue weighted by Crippen LogP contribution is 2.32. The van der Waals surface area contributed by atoms with Crippen LogP contribution in [0.1, 0.15) is 37.0 Å². The quantitative estimate of drug-likeness (QED) is 0.472. The fourth-order valence-electron chi connectivity index (χ4n) is 2.97. The molecular weight excluding hydrogens is 304 g/mol. The molecule has 1 heteroatoms. The first-order valence-corrected chi connectivity index (χ1v) is 8.84. The van der Waals surface area contributed by atoms with Crippen LogP contribution in [-0.2, 0) is 0 Å². The van der Waals surface area contributed by atoms with Gasteiger partial charge in [-0.05, 0) is 53.3 Å². The highest BCUT2D eigenvalue weighted by atomic mass is 16.5. The second kappa shape index (κ2) is 8.34. The molecule has 25 heavy (non-hydrogen) atoms. The first-order valence-electron chi connectivity index (χ1n) is 8.84. The minimum absolute atomic E-state index is 0.754. The average molecular weight is 328 g/mol. The highest BCUT2D eigenvalue weighted by molar-refractivity contribution is 5.97. The van der Waals surface area contributed by atoms with Gasteiger partial charge in [-0.2, -0.15) is 0 Å². The molecule has 0 amide bonds. The molecule has 0 aliphatic carbocycles. The second-order valence-corrected chi connectivity index (χ2v) is 6.10. The minimum atomic E-state index is 0.754. The van der Waals surface area contributed by atoms with Gasteiger partial charge in [0, 0.05) is 0 Å². The van der Waals surface area contributed by atoms with Gasteiger partial charge in [-0.25, -0.2) is 0 Å². The average Bonchev–Trinajstić information content (AvgIpc) is 2.69. The molecular formula is C24H24O. The molecule has 0 aliphatic heterocycles. The van der Waals surface area contributed by atoms with E-state index in [1.165, 1.54) is 27.8 Å². The molecule has 0 radical (unpaired) electrons. The van der Waals surface area contributed by atoms with Gasteiger partial charge in [0.2, 0.25) is 0 Å². The monoisotopic (exact) mass is 328 g/mol. The molecule has 0 spiro atoms. The molecule has 3 aromatic rings. The lowest BCUT2D eigenvalue weighted by Gasteiger charge is -2.15. The molecule has 0 atom stereocenters. The van der Waals surface area contributed by atoms with Gasteiger partial charge in [0.05, 0.1) is 6.61 Å². The van der Waals surface area contributed by atoms with Crippen LogP contribution in [-0.4, -0.2) is 6.61 Å². The first kappa shape index (κ1) is 17.0. The van der Waals surface area contributed by atoms with Gasteiger partial charge in [0.15, 0.2) is 0 Å². The molecule has 0 unspecified atom stereocenters. The minimum Gasteiger partial charge on any atom is -0.494 e. The van der Waals surface area contributed by atoms with E-state index >= 15 is 0 Å². The van der Waals surface area contributed by atoms with Gasteiger partial charge in [-0.1, -0.05) is 79.7 Å². The zero-order chi connectivity index (χ0) is 17.5. The van der Waals surface area contributed by atoms with Gasteiger partial charge in [-0.15, -0.1) is 0 Å². The van der Waals surface area contributed by atoms with E-state index in [2.05, 4.69) is 98.8 Å². The second-order valence-electron chi connectivity index (χ2n) is 6.10. The molecule has 3 rings (SSSR count). The third kappa shape index (κ3) is 4.19. The molecule has 0 N–H and O–H groups in total. The van der Waals surface area contributed by atoms with Crippen molar-refractivity contribution in [3.05, 3.63) is 102 Å². The number of benzene rings is 3. The van der Waals surface area contributed by atoms with Crippen molar-refractivity contribution in [1.29, 1.82) is 0 Å². The summed E-state index contributed by atoms with van der Waals surface area (Å²) >= 11 is 0. The lowest BCUT2D eigenvalue weighted by atomic mass is 9.90. The van der Waals surface area contributed by atoms with E-state index in [0.717, 1.165) is 18.8 Å². The largest absolute Gasteiger partial charge is 0.494 e. The van der Waals surface area contributed by atoms with Gasteiger partial charge in [0.1, 0.15) is 5.75 Å². The van der Waals surface area contributed by atoms with Crippen LogP contribution >= 0.6 is 0 Å². The summed E-state index contributed by atoms with van der Waals surface area (Å²) in [6.45, 7) is 5.07. The maximum Gasteiger partial charge on any atom is 0.119 e. The normalized spacial score (nSPS) is 11.8. The Kier molecular flexibility index (Phi) is 5.69. The molecule has 3 aromatic carbocycles. The molecule has 0 aromatic heterocycles. The lowest BCUT2D eigenvalue weighted by molar-refractivity contribution is 0.317. The van der Waals surface area contributed by atoms with E-state index < -0.39 is 0 Å². The van der Waals surface area contributed by atoms with Crippen molar-refractivity contribution in [3.8, 4) is 5.75 Å². The van der Waals surface area contributed by atoms with Crippen molar-refractivity contribution in [2.75, 3.05) is 6.61 Å². The summed E-state index contributed by atoms with van der Waals surface area (Å²) in [5.74, 6) is 0.926. The van der Waals surface area contributed by atoms with E-state index in [-0.39, 0.29) is 0 Å². The molecule has 0 saturated carbocycles. The summed E-state index contributed by atoms with van der Waals surface area (Å²) in [4.78, 5) is 0. The predicted molar refractivity (Wildman–Crippen MR) is 107 cm³/mol. The zero-order valence-electron chi connectivity index (χ0n) is 14.9. The SMILES string of the molecule is CCCOc1ccc(C(=C(C)c2ccccc2)c2ccccc2)cc1. The van der Waals surface area contributed by atoms with Crippen molar-refractivity contribution in [2.24, 2.45) is 0 Å². The topological polar surface area (TPSA) is 9.23 Å². The standard InChI is InChI=1S/C24H24O/c1-3-18-25-23-16-14-22(15-17-23)24(21-12-8-5-9-13-21)19(2)20-10-6-4-7-11-20/h4-17H,3,18H2,1-2H3. The van der Waals surface area contributed by atoms with Crippen molar-refractivity contribution < 1.29 is 4.74 Å². The van der Waals surface area contributed by atoms with Crippen molar-refractivity contribution in [1.82, 2.24) is 0 Å². The number of allylic oxidation sites excluding steroid dienone is 1. The molecule has 0 heterocycles. The van der Waals surface area contributed by atoms with Crippen LogP contribution < -0.4 is 4.74 Å². The van der Waals surface area contributed by atoms with Crippen LogP contribution in [0, 0.1) is 0 Å². The Bertz CT molecular complexity index is 815. The molecule has 0 saturated heterocycles. The van der Waals surface area contributed by atoms with E-state index in [9.17, 15) is 0 Å². The third-order valence-electron chi connectivity index (χ3n) is 4.26. The Balaban J connectivity index is 2.06. The van der Waals surface area contributed by atoms with Gasteiger partial charge in [-0.3, -0.25) is 0 Å². The Morgan fingerprint density at radius 2 is 1.20 bits per heavy atom. The van der Waals surface area contributed by atoms with E-state index in [1.54, 1.807) is 0 Å². The van der Waals surface area contributed by atoms with E-state index in [4.69, 9.17) is 4.74 Å². The van der Waals surface area contributed by atoms with E-state index in [0.29, 0.717) is 0 Å². The van der Waals surface area contributed by atoms with Crippen LogP contribution in [0.4, 0.5) is 0 Å². The maximum absolute atomic E-state index is 5.72. The van der Waals surface area contributed by atoms with Crippen molar-refractivity contribution in [2.45, 2.75) is 20.3 Å². The molecule has 0 fully saturated rings. The lowest BCUT2D eigenvalue weighted by Crippen LogP contribution is -1.96. The number of ether oxygens (including phenoxy) is 1. The predicted octanol–water partition coefficient (Wildman–Crippen LogP) is 6.45. The molecule has 0 aliphatic rings. The highest BCUT2D eigenvalue weighted by Gasteiger charge is 2.10. The zero-order valence-corrected chi connectivity index (χ0v) is 14.9.